The van der Waals surface area contributed by atoms with Crippen LogP contribution in [0.2, 0.25) is 0 Å². The van der Waals surface area contributed by atoms with Gasteiger partial charge in [-0.15, -0.1) is 5.92 Å². The van der Waals surface area contributed by atoms with Crippen LogP contribution < -0.4 is 0 Å². The van der Waals surface area contributed by atoms with Crippen molar-refractivity contribution in [3.05, 3.63) is 36.5 Å². The normalized spacial score (nSPS) is 10.6. The fourth-order valence-electron chi connectivity index (χ4n) is 0.889. The van der Waals surface area contributed by atoms with Gasteiger partial charge in [0.05, 0.1) is 12.1 Å². The Balaban J connectivity index is 2.93. The summed E-state index contributed by atoms with van der Waals surface area (Å²) >= 11 is 0. The molecule has 0 N–H and O–H groups in total. The minimum absolute atomic E-state index is 0.188. The number of rotatable bonds is 1. The molecule has 0 bridgehead atoms. The van der Waals surface area contributed by atoms with E-state index in [2.05, 4.69) is 23.7 Å². The predicted molar refractivity (Wildman–Crippen MR) is 46.1 cm³/mol. The van der Waals surface area contributed by atoms with Crippen LogP contribution in [0.5, 0.6) is 0 Å². The Bertz CT molecular complexity index is 371. The molecule has 14 heavy (non-hydrogen) atoms. The van der Waals surface area contributed by atoms with E-state index in [0.29, 0.717) is 5.69 Å². The van der Waals surface area contributed by atoms with Gasteiger partial charge in [0.15, 0.2) is 0 Å². The van der Waals surface area contributed by atoms with Gasteiger partial charge in [-0.2, -0.15) is 13.2 Å². The molecule has 1 aromatic rings. The number of halogens is 3. The van der Waals surface area contributed by atoms with Gasteiger partial charge in [-0.1, -0.05) is 12.0 Å². The predicted octanol–water partition coefficient (Wildman–Crippen LogP) is 2.48. The standard InChI is InChI=1S/C10H7F3N/c1-2-3-5-8-6-4-7-9(14-8)10(11,12)13/h4,6-7H,1,5H2. The molecule has 1 radical (unpaired) electrons. The maximum Gasteiger partial charge on any atom is 0.433 e. The van der Waals surface area contributed by atoms with Crippen LogP contribution in [0.25, 0.3) is 0 Å². The molecule has 0 amide bonds. The molecule has 0 aliphatic heterocycles. The first-order chi connectivity index (χ1) is 6.54. The van der Waals surface area contributed by atoms with E-state index in [1.807, 2.05) is 0 Å². The van der Waals surface area contributed by atoms with E-state index in [0.717, 1.165) is 6.07 Å². The minimum atomic E-state index is -4.39. The third kappa shape index (κ3) is 2.77. The molecule has 1 aromatic heterocycles. The monoisotopic (exact) mass is 198 g/mol. The van der Waals surface area contributed by atoms with Crippen LogP contribution in [0.4, 0.5) is 13.2 Å². The van der Waals surface area contributed by atoms with E-state index in [1.165, 1.54) is 12.1 Å². The second kappa shape index (κ2) is 4.14. The van der Waals surface area contributed by atoms with Gasteiger partial charge in [-0.05, 0) is 12.1 Å². The molecule has 0 fully saturated rings. The molecule has 4 heteroatoms. The summed E-state index contributed by atoms with van der Waals surface area (Å²) in [5.41, 5.74) is -0.586. The second-order valence-electron chi connectivity index (χ2n) is 2.54. The van der Waals surface area contributed by atoms with E-state index in [1.54, 1.807) is 0 Å². The van der Waals surface area contributed by atoms with E-state index in [4.69, 9.17) is 0 Å². The second-order valence-corrected chi connectivity index (χ2v) is 2.54. The number of pyridine rings is 1. The van der Waals surface area contributed by atoms with E-state index >= 15 is 0 Å². The van der Waals surface area contributed by atoms with Crippen molar-refractivity contribution < 1.29 is 13.2 Å². The fourth-order valence-corrected chi connectivity index (χ4v) is 0.889. The molecule has 0 saturated carbocycles. The lowest BCUT2D eigenvalue weighted by Gasteiger charge is -2.05. The number of hydrogen-bond donors (Lipinski definition) is 0. The molecule has 0 spiro atoms. The zero-order valence-corrected chi connectivity index (χ0v) is 7.23. The number of aromatic nitrogens is 1. The van der Waals surface area contributed by atoms with Crippen LogP contribution in [-0.4, -0.2) is 4.98 Å². The van der Waals surface area contributed by atoms with Crippen molar-refractivity contribution in [2.24, 2.45) is 0 Å². The molecule has 0 unspecified atom stereocenters. The van der Waals surface area contributed by atoms with E-state index in [-0.39, 0.29) is 6.42 Å². The Labute approximate surface area is 80.0 Å². The van der Waals surface area contributed by atoms with Gasteiger partial charge in [0.2, 0.25) is 0 Å². The van der Waals surface area contributed by atoms with Crippen molar-refractivity contribution in [3.8, 4) is 11.8 Å². The zero-order valence-electron chi connectivity index (χ0n) is 7.23. The smallest absolute Gasteiger partial charge is 0.247 e. The minimum Gasteiger partial charge on any atom is -0.247 e. The van der Waals surface area contributed by atoms with Crippen LogP contribution in [-0.2, 0) is 12.6 Å². The molecule has 0 aliphatic carbocycles. The van der Waals surface area contributed by atoms with Crippen molar-refractivity contribution in [1.82, 2.24) is 4.98 Å². The summed E-state index contributed by atoms with van der Waals surface area (Å²) < 4.78 is 36.5. The molecule has 0 aliphatic rings. The lowest BCUT2D eigenvalue weighted by Crippen LogP contribution is -2.08. The molecular formula is C10H7F3N. The van der Waals surface area contributed by atoms with Crippen LogP contribution in [0, 0.1) is 18.8 Å². The summed E-state index contributed by atoms with van der Waals surface area (Å²) in [5.74, 6) is 4.91. The molecule has 73 valence electrons. The summed E-state index contributed by atoms with van der Waals surface area (Å²) in [4.78, 5) is 3.43. The first kappa shape index (κ1) is 10.6. The van der Waals surface area contributed by atoms with Gasteiger partial charge in [0.1, 0.15) is 5.69 Å². The highest BCUT2D eigenvalue weighted by Crippen LogP contribution is 2.27. The van der Waals surface area contributed by atoms with Gasteiger partial charge in [0.25, 0.3) is 0 Å². The lowest BCUT2D eigenvalue weighted by molar-refractivity contribution is -0.141. The maximum atomic E-state index is 12.2. The van der Waals surface area contributed by atoms with Crippen molar-refractivity contribution in [3.63, 3.8) is 0 Å². The fraction of sp³-hybridized carbons (Fsp3) is 0.200. The first-order valence-electron chi connectivity index (χ1n) is 3.82. The highest BCUT2D eigenvalue weighted by molar-refractivity contribution is 5.18. The highest BCUT2D eigenvalue weighted by atomic mass is 19.4. The number of alkyl halides is 3. The number of hydrogen-bond acceptors (Lipinski definition) is 1. The van der Waals surface area contributed by atoms with Gasteiger partial charge in [-0.3, -0.25) is 0 Å². The van der Waals surface area contributed by atoms with Gasteiger partial charge in [0, 0.05) is 6.92 Å². The van der Waals surface area contributed by atoms with Gasteiger partial charge >= 0.3 is 6.18 Å². The Hall–Kier alpha value is -1.50. The summed E-state index contributed by atoms with van der Waals surface area (Å²) in [5, 5.41) is 0. The average Bonchev–Trinajstić information content (AvgIpc) is 2.14. The molecule has 1 rings (SSSR count). The van der Waals surface area contributed by atoms with E-state index in [9.17, 15) is 13.2 Å². The summed E-state index contributed by atoms with van der Waals surface area (Å²) in [6, 6.07) is 3.75. The Morgan fingerprint density at radius 3 is 2.64 bits per heavy atom. The topological polar surface area (TPSA) is 12.9 Å². The highest BCUT2D eigenvalue weighted by Gasteiger charge is 2.32. The summed E-state index contributed by atoms with van der Waals surface area (Å²) in [6.07, 6.45) is -4.21. The van der Waals surface area contributed by atoms with Crippen LogP contribution in [0.15, 0.2) is 18.2 Å². The van der Waals surface area contributed by atoms with Gasteiger partial charge in [-0.25, -0.2) is 4.98 Å². The van der Waals surface area contributed by atoms with Crippen LogP contribution in [0.1, 0.15) is 11.4 Å². The third-order valence-corrected chi connectivity index (χ3v) is 1.49. The molecule has 1 heterocycles. The molecular weight excluding hydrogens is 191 g/mol. The molecule has 0 aromatic carbocycles. The molecule has 0 saturated heterocycles. The first-order valence-corrected chi connectivity index (χ1v) is 3.82. The third-order valence-electron chi connectivity index (χ3n) is 1.49. The average molecular weight is 198 g/mol. The van der Waals surface area contributed by atoms with Crippen molar-refractivity contribution >= 4 is 0 Å². The Morgan fingerprint density at radius 2 is 2.07 bits per heavy atom. The van der Waals surface area contributed by atoms with Crippen LogP contribution in [0.3, 0.4) is 0 Å². The molecule has 0 atom stereocenters. The molecule has 1 nitrogen and oxygen atoms in total. The summed E-state index contributed by atoms with van der Waals surface area (Å²) in [7, 11) is 0. The SMILES string of the molecule is [CH2]C#CCc1cccc(C(F)(F)F)n1. The quantitative estimate of drug-likeness (QED) is 0.632. The largest absolute Gasteiger partial charge is 0.433 e. The zero-order chi connectivity index (χ0) is 10.6. The Morgan fingerprint density at radius 1 is 1.36 bits per heavy atom. The Kier molecular flexibility index (Phi) is 3.13. The van der Waals surface area contributed by atoms with Crippen molar-refractivity contribution in [1.29, 1.82) is 0 Å². The van der Waals surface area contributed by atoms with E-state index < -0.39 is 11.9 Å². The maximum absolute atomic E-state index is 12.2. The van der Waals surface area contributed by atoms with Crippen molar-refractivity contribution in [2.75, 3.05) is 0 Å². The van der Waals surface area contributed by atoms with Crippen molar-refractivity contribution in [2.45, 2.75) is 12.6 Å². The van der Waals surface area contributed by atoms with Gasteiger partial charge < -0.3 is 0 Å². The van der Waals surface area contributed by atoms with Crippen LogP contribution >= 0.6 is 0 Å². The lowest BCUT2D eigenvalue weighted by atomic mass is 10.2. The number of nitrogens with zero attached hydrogens (tertiary/aromatic N) is 1. The summed E-state index contributed by atoms with van der Waals surface area (Å²) in [6.45, 7) is 3.26.